The summed E-state index contributed by atoms with van der Waals surface area (Å²) in [7, 11) is 0. The minimum atomic E-state index is -0.553. The first-order chi connectivity index (χ1) is 13.2. The summed E-state index contributed by atoms with van der Waals surface area (Å²) in [6.07, 6.45) is 0.656. The number of benzene rings is 2. The Morgan fingerprint density at radius 1 is 0.926 bits per heavy atom. The van der Waals surface area contributed by atoms with E-state index in [0.29, 0.717) is 43.8 Å². The first kappa shape index (κ1) is 18.6. The molecule has 0 saturated carbocycles. The molecular formula is C20H22N4O3. The molecule has 4 amide bonds. The molecule has 1 N–H and O–H groups in total. The van der Waals surface area contributed by atoms with Gasteiger partial charge in [0.2, 0.25) is 0 Å². The van der Waals surface area contributed by atoms with E-state index in [1.54, 1.807) is 53.4 Å². The molecule has 1 aliphatic heterocycles. The van der Waals surface area contributed by atoms with Crippen LogP contribution in [0.4, 0.5) is 21.0 Å². The highest BCUT2D eigenvalue weighted by atomic mass is 16.2. The Balaban J connectivity index is 1.96. The summed E-state index contributed by atoms with van der Waals surface area (Å²) >= 11 is 0. The molecule has 7 nitrogen and oxygen atoms in total. The van der Waals surface area contributed by atoms with Gasteiger partial charge in [-0.1, -0.05) is 36.4 Å². The Morgan fingerprint density at radius 2 is 1.48 bits per heavy atom. The zero-order chi connectivity index (χ0) is 19.1. The predicted octanol–water partition coefficient (Wildman–Crippen LogP) is 2.34. The van der Waals surface area contributed by atoms with Crippen molar-refractivity contribution in [3.05, 3.63) is 60.7 Å². The Morgan fingerprint density at radius 3 is 2.04 bits per heavy atom. The van der Waals surface area contributed by atoms with Crippen LogP contribution in [-0.2, 0) is 4.79 Å². The third-order valence-corrected chi connectivity index (χ3v) is 4.34. The lowest BCUT2D eigenvalue weighted by Crippen LogP contribution is -2.56. The molecule has 2 aromatic rings. The van der Waals surface area contributed by atoms with Crippen molar-refractivity contribution in [3.63, 3.8) is 0 Å². The van der Waals surface area contributed by atoms with Gasteiger partial charge in [-0.15, -0.1) is 0 Å². The van der Waals surface area contributed by atoms with Crippen molar-refractivity contribution in [2.24, 2.45) is 0 Å². The molecule has 0 atom stereocenters. The van der Waals surface area contributed by atoms with E-state index < -0.39 is 6.03 Å². The molecule has 1 saturated heterocycles. The van der Waals surface area contributed by atoms with Crippen molar-refractivity contribution in [2.45, 2.75) is 0 Å². The quantitative estimate of drug-likeness (QED) is 0.843. The largest absolute Gasteiger partial charge is 0.337 e. The summed E-state index contributed by atoms with van der Waals surface area (Å²) in [4.78, 5) is 41.8. The standard InChI is InChI=1S/C20H22N4O3/c25-16-15-23(17-7-3-1-4-8-17)20(27)24(18-9-5-2-6-10-18)19(26)22-13-11-21-12-14-22/h1-10,16,21H,11-15H2. The van der Waals surface area contributed by atoms with Gasteiger partial charge in [0.1, 0.15) is 6.29 Å². The molecule has 27 heavy (non-hydrogen) atoms. The number of para-hydroxylation sites is 2. The number of carbonyl (C=O) groups excluding carboxylic acids is 3. The van der Waals surface area contributed by atoms with Gasteiger partial charge in [0.05, 0.1) is 12.2 Å². The molecule has 0 spiro atoms. The van der Waals surface area contributed by atoms with E-state index in [-0.39, 0.29) is 12.6 Å². The van der Waals surface area contributed by atoms with E-state index in [1.165, 1.54) is 4.90 Å². The molecular weight excluding hydrogens is 344 g/mol. The lowest BCUT2D eigenvalue weighted by molar-refractivity contribution is -0.106. The number of urea groups is 2. The van der Waals surface area contributed by atoms with Crippen LogP contribution in [0.25, 0.3) is 0 Å². The third kappa shape index (κ3) is 4.32. The third-order valence-electron chi connectivity index (χ3n) is 4.34. The average Bonchev–Trinajstić information content (AvgIpc) is 2.74. The van der Waals surface area contributed by atoms with Gasteiger partial charge < -0.3 is 15.0 Å². The number of nitrogens with zero attached hydrogens (tertiary/aromatic N) is 3. The van der Waals surface area contributed by atoms with E-state index in [1.807, 2.05) is 12.1 Å². The number of anilines is 2. The summed E-state index contributed by atoms with van der Waals surface area (Å²) in [6.45, 7) is 2.27. The lowest BCUT2D eigenvalue weighted by Gasteiger charge is -2.34. The van der Waals surface area contributed by atoms with Crippen LogP contribution < -0.4 is 15.1 Å². The van der Waals surface area contributed by atoms with Crippen molar-refractivity contribution in [1.82, 2.24) is 10.2 Å². The number of piperazine rings is 1. The molecule has 1 heterocycles. The molecule has 140 valence electrons. The van der Waals surface area contributed by atoms with E-state index in [4.69, 9.17) is 0 Å². The molecule has 7 heteroatoms. The summed E-state index contributed by atoms with van der Waals surface area (Å²) < 4.78 is 0. The van der Waals surface area contributed by atoms with Crippen molar-refractivity contribution >= 4 is 29.7 Å². The highest BCUT2D eigenvalue weighted by Crippen LogP contribution is 2.22. The Labute approximate surface area is 158 Å². The lowest BCUT2D eigenvalue weighted by atomic mass is 10.2. The van der Waals surface area contributed by atoms with Crippen molar-refractivity contribution in [2.75, 3.05) is 42.5 Å². The second-order valence-electron chi connectivity index (χ2n) is 6.09. The maximum atomic E-state index is 13.3. The van der Waals surface area contributed by atoms with Crippen molar-refractivity contribution in [3.8, 4) is 0 Å². The smallest absolute Gasteiger partial charge is 0.321 e. The van der Waals surface area contributed by atoms with Gasteiger partial charge in [0.15, 0.2) is 0 Å². The summed E-state index contributed by atoms with van der Waals surface area (Å²) in [5.41, 5.74) is 1.03. The number of carbonyl (C=O) groups is 3. The SMILES string of the molecule is O=CCN(C(=O)N(C(=O)N1CCNCC1)c1ccccc1)c1ccccc1. The fourth-order valence-electron chi connectivity index (χ4n) is 2.97. The molecule has 0 aliphatic carbocycles. The van der Waals surface area contributed by atoms with E-state index in [0.717, 1.165) is 4.90 Å². The second kappa shape index (κ2) is 8.95. The topological polar surface area (TPSA) is 73.0 Å². The monoisotopic (exact) mass is 366 g/mol. The second-order valence-corrected chi connectivity index (χ2v) is 6.09. The molecule has 0 bridgehead atoms. The highest BCUT2D eigenvalue weighted by molar-refractivity contribution is 6.19. The molecule has 0 aromatic heterocycles. The van der Waals surface area contributed by atoms with Crippen LogP contribution >= 0.6 is 0 Å². The number of nitrogens with one attached hydrogen (secondary N) is 1. The first-order valence-corrected chi connectivity index (χ1v) is 8.87. The number of hydrogen-bond donors (Lipinski definition) is 1. The van der Waals surface area contributed by atoms with Gasteiger partial charge in [0.25, 0.3) is 0 Å². The zero-order valence-electron chi connectivity index (χ0n) is 15.0. The normalized spacial score (nSPS) is 13.7. The number of aldehydes is 1. The van der Waals surface area contributed by atoms with E-state index in [2.05, 4.69) is 5.32 Å². The Hall–Kier alpha value is -3.19. The highest BCUT2D eigenvalue weighted by Gasteiger charge is 2.32. The maximum absolute atomic E-state index is 13.3. The minimum absolute atomic E-state index is 0.138. The molecule has 0 radical (unpaired) electrons. The number of rotatable bonds is 4. The van der Waals surface area contributed by atoms with Crippen LogP contribution in [0, 0.1) is 0 Å². The Kier molecular flexibility index (Phi) is 6.17. The summed E-state index contributed by atoms with van der Waals surface area (Å²) in [5.74, 6) is 0. The maximum Gasteiger partial charge on any atom is 0.337 e. The first-order valence-electron chi connectivity index (χ1n) is 8.87. The molecule has 1 aliphatic rings. The molecule has 2 aromatic carbocycles. The van der Waals surface area contributed by atoms with Crippen LogP contribution in [0.15, 0.2) is 60.7 Å². The molecule has 1 fully saturated rings. The van der Waals surface area contributed by atoms with Gasteiger partial charge in [-0.3, -0.25) is 4.90 Å². The summed E-state index contributed by atoms with van der Waals surface area (Å²) in [5, 5.41) is 3.19. The predicted molar refractivity (Wildman–Crippen MR) is 104 cm³/mol. The van der Waals surface area contributed by atoms with Crippen LogP contribution in [0.3, 0.4) is 0 Å². The van der Waals surface area contributed by atoms with Gasteiger partial charge in [-0.2, -0.15) is 0 Å². The van der Waals surface area contributed by atoms with Gasteiger partial charge >= 0.3 is 12.1 Å². The van der Waals surface area contributed by atoms with Gasteiger partial charge in [-0.25, -0.2) is 14.5 Å². The van der Waals surface area contributed by atoms with Crippen molar-refractivity contribution in [1.29, 1.82) is 0 Å². The minimum Gasteiger partial charge on any atom is -0.321 e. The van der Waals surface area contributed by atoms with Crippen LogP contribution in [0.1, 0.15) is 0 Å². The fourth-order valence-corrected chi connectivity index (χ4v) is 2.97. The fraction of sp³-hybridized carbons (Fsp3) is 0.250. The average molecular weight is 366 g/mol. The zero-order valence-corrected chi connectivity index (χ0v) is 15.0. The number of imide groups is 1. The Bertz CT molecular complexity index is 776. The van der Waals surface area contributed by atoms with E-state index >= 15 is 0 Å². The number of hydrogen-bond acceptors (Lipinski definition) is 4. The number of amides is 4. The molecule has 3 rings (SSSR count). The van der Waals surface area contributed by atoms with Crippen LogP contribution in [0.5, 0.6) is 0 Å². The van der Waals surface area contributed by atoms with Crippen LogP contribution in [0.2, 0.25) is 0 Å². The van der Waals surface area contributed by atoms with Gasteiger partial charge in [0, 0.05) is 31.9 Å². The van der Waals surface area contributed by atoms with Crippen molar-refractivity contribution < 1.29 is 14.4 Å². The van der Waals surface area contributed by atoms with Gasteiger partial charge in [-0.05, 0) is 24.3 Å². The molecule has 0 unspecified atom stereocenters. The summed E-state index contributed by atoms with van der Waals surface area (Å²) in [6, 6.07) is 16.7. The van der Waals surface area contributed by atoms with E-state index in [9.17, 15) is 14.4 Å². The van der Waals surface area contributed by atoms with Crippen LogP contribution in [-0.4, -0.2) is 56.0 Å².